The van der Waals surface area contributed by atoms with Gasteiger partial charge in [0.2, 0.25) is 0 Å². The van der Waals surface area contributed by atoms with E-state index in [1.54, 1.807) is 23.9 Å². The number of aryl methyl sites for hydroxylation is 1. The fourth-order valence-electron chi connectivity index (χ4n) is 5.01. The van der Waals surface area contributed by atoms with Crippen molar-refractivity contribution < 1.29 is 9.47 Å². The number of hydrogen-bond donors (Lipinski definition) is 1. The first kappa shape index (κ1) is 23.6. The molecule has 1 saturated heterocycles. The minimum Gasteiger partial charge on any atom is -0.486 e. The summed E-state index contributed by atoms with van der Waals surface area (Å²) >= 11 is 6.49. The second-order valence-electron chi connectivity index (χ2n) is 9.16. The summed E-state index contributed by atoms with van der Waals surface area (Å²) in [5.41, 5.74) is 4.06. The van der Waals surface area contributed by atoms with Crippen molar-refractivity contribution in [2.75, 3.05) is 39.4 Å². The standard InChI is InChI=1S/C26H28ClN5O3/c1-31-24(33)3-2-22-25(31)20(21(27)15-30-22)5-7-32-6-4-17(16-32)13-29-14-18-10-19(12-28)26-23(11-18)34-8-9-35-26/h2-3,10-11,15,17,29H,4-9,13-14,16H2,1H3/t17-/m1/s1. The topological polar surface area (TPSA) is 92.4 Å². The van der Waals surface area contributed by atoms with Crippen LogP contribution in [0.4, 0.5) is 0 Å². The van der Waals surface area contributed by atoms with Gasteiger partial charge in [-0.3, -0.25) is 9.78 Å². The van der Waals surface area contributed by atoms with E-state index in [0.29, 0.717) is 47.8 Å². The Kier molecular flexibility index (Phi) is 6.91. The fraction of sp³-hybridized carbons (Fsp3) is 0.423. The molecule has 8 nitrogen and oxygen atoms in total. The van der Waals surface area contributed by atoms with E-state index in [9.17, 15) is 10.1 Å². The van der Waals surface area contributed by atoms with Crippen LogP contribution in [0.1, 0.15) is 23.1 Å². The van der Waals surface area contributed by atoms with Crippen LogP contribution in [0.2, 0.25) is 5.02 Å². The van der Waals surface area contributed by atoms with Crippen molar-refractivity contribution in [1.82, 2.24) is 19.8 Å². The Morgan fingerprint density at radius 3 is 3.00 bits per heavy atom. The third-order valence-electron chi connectivity index (χ3n) is 6.82. The number of rotatable bonds is 7. The molecule has 2 aliphatic rings. The first-order chi connectivity index (χ1) is 17.0. The number of benzene rings is 1. The van der Waals surface area contributed by atoms with Crippen LogP contribution in [0, 0.1) is 17.2 Å². The SMILES string of the molecule is Cn1c(=O)ccc2ncc(Cl)c(CCN3CC[C@H](CNCc4cc(C#N)c5c(c4)OCCO5)C3)c21. The average molecular weight is 494 g/mol. The van der Waals surface area contributed by atoms with Gasteiger partial charge in [0, 0.05) is 38.9 Å². The number of pyridine rings is 2. The van der Waals surface area contributed by atoms with E-state index < -0.39 is 0 Å². The number of halogens is 1. The third kappa shape index (κ3) is 4.98. The highest BCUT2D eigenvalue weighted by atomic mass is 35.5. The van der Waals surface area contributed by atoms with Gasteiger partial charge in [-0.2, -0.15) is 5.26 Å². The van der Waals surface area contributed by atoms with Crippen LogP contribution >= 0.6 is 11.6 Å². The zero-order valence-electron chi connectivity index (χ0n) is 19.7. The first-order valence-electron chi connectivity index (χ1n) is 11.9. The van der Waals surface area contributed by atoms with Gasteiger partial charge in [0.15, 0.2) is 11.5 Å². The van der Waals surface area contributed by atoms with Gasteiger partial charge in [-0.1, -0.05) is 11.6 Å². The zero-order valence-corrected chi connectivity index (χ0v) is 20.5. The summed E-state index contributed by atoms with van der Waals surface area (Å²) in [6.45, 7) is 5.48. The molecule has 3 aromatic rings. The van der Waals surface area contributed by atoms with E-state index in [2.05, 4.69) is 21.3 Å². The van der Waals surface area contributed by atoms with Crippen LogP contribution in [0.3, 0.4) is 0 Å². The fourth-order valence-corrected chi connectivity index (χ4v) is 5.24. The Hall–Kier alpha value is -3.12. The summed E-state index contributed by atoms with van der Waals surface area (Å²) in [7, 11) is 1.77. The molecule has 1 N–H and O–H groups in total. The van der Waals surface area contributed by atoms with E-state index in [1.165, 1.54) is 6.07 Å². The van der Waals surface area contributed by atoms with Crippen molar-refractivity contribution in [3.8, 4) is 17.6 Å². The molecule has 1 atom stereocenters. The van der Waals surface area contributed by atoms with Crippen molar-refractivity contribution in [1.29, 1.82) is 5.26 Å². The largest absolute Gasteiger partial charge is 0.486 e. The van der Waals surface area contributed by atoms with E-state index >= 15 is 0 Å². The number of hydrogen-bond acceptors (Lipinski definition) is 7. The number of nitrogens with zero attached hydrogens (tertiary/aromatic N) is 4. The molecular formula is C26H28ClN5O3. The molecule has 9 heteroatoms. The van der Waals surface area contributed by atoms with Gasteiger partial charge in [0.1, 0.15) is 19.3 Å². The summed E-state index contributed by atoms with van der Waals surface area (Å²) in [6.07, 6.45) is 3.57. The van der Waals surface area contributed by atoms with Gasteiger partial charge < -0.3 is 24.3 Å². The molecule has 2 aliphatic heterocycles. The Labute approximate surface area is 209 Å². The van der Waals surface area contributed by atoms with Crippen LogP contribution in [-0.2, 0) is 20.0 Å². The highest BCUT2D eigenvalue weighted by Gasteiger charge is 2.23. The van der Waals surface area contributed by atoms with Gasteiger partial charge in [-0.05, 0) is 61.2 Å². The molecule has 0 saturated carbocycles. The van der Waals surface area contributed by atoms with Gasteiger partial charge in [0.05, 0.1) is 21.6 Å². The Balaban J connectivity index is 1.16. The number of aromatic nitrogens is 2. The van der Waals surface area contributed by atoms with Crippen LogP contribution in [0.15, 0.2) is 35.3 Å². The van der Waals surface area contributed by atoms with E-state index in [0.717, 1.165) is 61.2 Å². The second kappa shape index (κ2) is 10.2. The number of nitrogens with one attached hydrogen (secondary N) is 1. The molecular weight excluding hydrogens is 466 g/mol. The molecule has 1 fully saturated rings. The van der Waals surface area contributed by atoms with E-state index in [-0.39, 0.29) is 5.56 Å². The lowest BCUT2D eigenvalue weighted by Crippen LogP contribution is -2.28. The molecule has 0 radical (unpaired) electrons. The van der Waals surface area contributed by atoms with Crippen molar-refractivity contribution >= 4 is 22.6 Å². The molecule has 0 amide bonds. The van der Waals surface area contributed by atoms with Crippen molar-refractivity contribution in [3.05, 3.63) is 62.5 Å². The maximum absolute atomic E-state index is 12.2. The molecule has 1 aromatic carbocycles. The summed E-state index contributed by atoms with van der Waals surface area (Å²) in [5.74, 6) is 1.76. The smallest absolute Gasteiger partial charge is 0.250 e. The van der Waals surface area contributed by atoms with Crippen LogP contribution in [0.5, 0.6) is 11.5 Å². The lowest BCUT2D eigenvalue weighted by atomic mass is 10.1. The van der Waals surface area contributed by atoms with E-state index in [4.69, 9.17) is 21.1 Å². The Morgan fingerprint density at radius 2 is 2.14 bits per heavy atom. The third-order valence-corrected chi connectivity index (χ3v) is 7.14. The van der Waals surface area contributed by atoms with E-state index in [1.807, 2.05) is 12.1 Å². The Bertz CT molecular complexity index is 1350. The van der Waals surface area contributed by atoms with Crippen molar-refractivity contribution in [2.45, 2.75) is 19.4 Å². The molecule has 35 heavy (non-hydrogen) atoms. The van der Waals surface area contributed by atoms with Crippen LogP contribution in [-0.4, -0.2) is 53.8 Å². The highest BCUT2D eigenvalue weighted by molar-refractivity contribution is 6.32. The number of nitriles is 1. The monoisotopic (exact) mass is 493 g/mol. The zero-order chi connectivity index (χ0) is 24.4. The molecule has 0 spiro atoms. The van der Waals surface area contributed by atoms with Gasteiger partial charge in [-0.25, -0.2) is 0 Å². The number of likely N-dealkylation sites (tertiary alicyclic amines) is 1. The molecule has 0 aliphatic carbocycles. The predicted octanol–water partition coefficient (Wildman–Crippen LogP) is 2.88. The Morgan fingerprint density at radius 1 is 1.29 bits per heavy atom. The van der Waals surface area contributed by atoms with Gasteiger partial charge in [0.25, 0.3) is 5.56 Å². The highest BCUT2D eigenvalue weighted by Crippen LogP contribution is 2.35. The lowest BCUT2D eigenvalue weighted by Gasteiger charge is -2.20. The molecule has 182 valence electrons. The molecule has 0 unspecified atom stereocenters. The minimum absolute atomic E-state index is 0.0602. The first-order valence-corrected chi connectivity index (χ1v) is 12.3. The summed E-state index contributed by atoms with van der Waals surface area (Å²) < 4.78 is 12.9. The number of ether oxygens (including phenoxy) is 2. The number of fused-ring (bicyclic) bond motifs is 2. The minimum atomic E-state index is -0.0602. The molecule has 2 aromatic heterocycles. The summed E-state index contributed by atoms with van der Waals surface area (Å²) in [5, 5.41) is 13.6. The van der Waals surface area contributed by atoms with Crippen molar-refractivity contribution in [3.63, 3.8) is 0 Å². The molecule has 0 bridgehead atoms. The maximum Gasteiger partial charge on any atom is 0.250 e. The van der Waals surface area contributed by atoms with Gasteiger partial charge in [-0.15, -0.1) is 0 Å². The van der Waals surface area contributed by atoms with Gasteiger partial charge >= 0.3 is 0 Å². The molecule has 4 heterocycles. The normalized spacial score (nSPS) is 17.6. The quantitative estimate of drug-likeness (QED) is 0.541. The summed E-state index contributed by atoms with van der Waals surface area (Å²) in [6, 6.07) is 9.34. The van der Waals surface area contributed by atoms with Crippen LogP contribution in [0.25, 0.3) is 11.0 Å². The van der Waals surface area contributed by atoms with Crippen LogP contribution < -0.4 is 20.3 Å². The van der Waals surface area contributed by atoms with Crippen molar-refractivity contribution in [2.24, 2.45) is 13.0 Å². The molecule has 5 rings (SSSR count). The summed E-state index contributed by atoms with van der Waals surface area (Å²) in [4.78, 5) is 19.0. The maximum atomic E-state index is 12.2. The second-order valence-corrected chi connectivity index (χ2v) is 9.57. The lowest BCUT2D eigenvalue weighted by molar-refractivity contribution is 0.171. The average Bonchev–Trinajstić information content (AvgIpc) is 3.33. The predicted molar refractivity (Wildman–Crippen MR) is 134 cm³/mol.